The highest BCUT2D eigenvalue weighted by Crippen LogP contribution is 2.39. The normalized spacial score (nSPS) is 14.3. The number of H-pyrrole nitrogens is 1. The highest BCUT2D eigenvalue weighted by Gasteiger charge is 2.25. The van der Waals surface area contributed by atoms with E-state index in [1.807, 2.05) is 6.07 Å². The minimum Gasteiger partial charge on any atom is -0.477 e. The molecule has 27 heavy (non-hydrogen) atoms. The van der Waals surface area contributed by atoms with Crippen LogP contribution in [0.5, 0.6) is 0 Å². The molecule has 0 atom stereocenters. The predicted molar refractivity (Wildman–Crippen MR) is 108 cm³/mol. The van der Waals surface area contributed by atoms with E-state index < -0.39 is 16.0 Å². The van der Waals surface area contributed by atoms with Gasteiger partial charge in [0.1, 0.15) is 10.0 Å². The number of hydrogen-bond donors (Lipinski definition) is 4. The number of thiophene rings is 1. The molecule has 0 radical (unpaired) electrons. The molecule has 0 unspecified atom stereocenters. The summed E-state index contributed by atoms with van der Waals surface area (Å²) in [5, 5.41) is 24.5. The Bertz CT molecular complexity index is 1150. The summed E-state index contributed by atoms with van der Waals surface area (Å²) in [6, 6.07) is 5.94. The minimum absolute atomic E-state index is 0. The third-order valence-electron chi connectivity index (χ3n) is 3.90. The molecule has 0 saturated heterocycles. The largest absolute Gasteiger partial charge is 0.477 e. The molecule has 0 bridgehead atoms. The molecule has 150 valence electrons. The lowest BCUT2D eigenvalue weighted by atomic mass is 10.3. The maximum Gasteiger partial charge on any atom is 0.354 e. The number of nitrogens with one attached hydrogen (secondary N) is 2. The molecule has 0 spiro atoms. The van der Waals surface area contributed by atoms with Crippen LogP contribution in [-0.2, 0) is 10.0 Å². The van der Waals surface area contributed by atoms with E-state index in [0.717, 1.165) is 29.9 Å². The molecule has 0 aromatic carbocycles. The molecule has 1 aliphatic rings. The quantitative estimate of drug-likeness (QED) is 0.476. The number of nitrogens with two attached hydrogens (primary N) is 1. The van der Waals surface area contributed by atoms with Crippen LogP contribution in [0.3, 0.4) is 0 Å². The Hall–Kier alpha value is -2.83. The molecule has 10 nitrogen and oxygen atoms in total. The van der Waals surface area contributed by atoms with Gasteiger partial charge in [0.15, 0.2) is 17.3 Å². The zero-order chi connectivity index (χ0) is 19.2. The second kappa shape index (κ2) is 6.40. The van der Waals surface area contributed by atoms with Crippen molar-refractivity contribution in [2.24, 2.45) is 5.14 Å². The molecule has 1 aliphatic carbocycles. The molecule has 12 heteroatoms. The van der Waals surface area contributed by atoms with Crippen LogP contribution >= 0.6 is 11.3 Å². The first kappa shape index (κ1) is 17.6. The smallest absolute Gasteiger partial charge is 0.354 e. The van der Waals surface area contributed by atoms with Crippen molar-refractivity contribution in [3.05, 3.63) is 35.7 Å². The third-order valence-corrected chi connectivity index (χ3v) is 6.42. The maximum absolute atomic E-state index is 11.5. The monoisotopic (exact) mass is 416 g/mol. The third kappa shape index (κ3) is 3.82. The molecule has 1 fully saturated rings. The average molecular weight is 417 g/mol. The second-order valence-electron chi connectivity index (χ2n) is 6.04. The number of primary sulfonamides is 1. The first-order chi connectivity index (χ1) is 12.8. The Morgan fingerprint density at radius 1 is 1.30 bits per heavy atom. The Morgan fingerprint density at radius 3 is 2.70 bits per heavy atom. The van der Waals surface area contributed by atoms with Gasteiger partial charge in [-0.1, -0.05) is 0 Å². The fourth-order valence-electron chi connectivity index (χ4n) is 2.46. The Labute approximate surface area is 165 Å². The molecule has 5 N–H and O–H groups in total. The standard InChI is InChI=1S/C15H14N6O4S2.5H2/c16-27(24,25)13-4-3-10(26-13)14-17-9(15(22)23)6-11(19-14)18-12-5-8(20-21-12)7-1-2-7;;;;;/h3-7H,1-2H2,(H,22,23)(H2,16,24,25)(H2,17,18,19,20,21);5*1H. The number of anilines is 2. The lowest BCUT2D eigenvalue weighted by molar-refractivity contribution is 0.0690. The highest BCUT2D eigenvalue weighted by atomic mass is 32.2. The number of carboxylic acids is 1. The van der Waals surface area contributed by atoms with Gasteiger partial charge in [-0.05, 0) is 25.0 Å². The van der Waals surface area contributed by atoms with Gasteiger partial charge in [0.25, 0.3) is 0 Å². The summed E-state index contributed by atoms with van der Waals surface area (Å²) in [6.45, 7) is 0. The van der Waals surface area contributed by atoms with Crippen LogP contribution in [0.2, 0.25) is 0 Å². The van der Waals surface area contributed by atoms with Gasteiger partial charge in [-0.15, -0.1) is 11.3 Å². The van der Waals surface area contributed by atoms with Crippen molar-refractivity contribution in [2.45, 2.75) is 23.0 Å². The van der Waals surface area contributed by atoms with Gasteiger partial charge in [0.2, 0.25) is 10.0 Å². The number of carboxylic acid groups (broad SMARTS) is 1. The highest BCUT2D eigenvalue weighted by molar-refractivity contribution is 7.91. The van der Waals surface area contributed by atoms with Crippen LogP contribution in [0.15, 0.2) is 28.5 Å². The molecule has 0 amide bonds. The molecule has 4 rings (SSSR count). The summed E-state index contributed by atoms with van der Waals surface area (Å²) in [5.74, 6) is 0.0818. The summed E-state index contributed by atoms with van der Waals surface area (Å²) in [6.07, 6.45) is 2.24. The summed E-state index contributed by atoms with van der Waals surface area (Å²) < 4.78 is 22.8. The number of carbonyl (C=O) groups is 1. The van der Waals surface area contributed by atoms with Crippen molar-refractivity contribution in [3.63, 3.8) is 0 Å². The summed E-state index contributed by atoms with van der Waals surface area (Å²) in [5.41, 5.74) is 0.785. The zero-order valence-electron chi connectivity index (χ0n) is 13.7. The maximum atomic E-state index is 11.5. The van der Waals surface area contributed by atoms with Gasteiger partial charge >= 0.3 is 5.97 Å². The average Bonchev–Trinajstić information content (AvgIpc) is 3.14. The Morgan fingerprint density at radius 2 is 2.07 bits per heavy atom. The molecular formula is C15H24N6O4S2. The predicted octanol–water partition coefficient (Wildman–Crippen LogP) is 3.12. The molecule has 1 saturated carbocycles. The number of rotatable bonds is 6. The van der Waals surface area contributed by atoms with Crippen molar-refractivity contribution >= 4 is 39.0 Å². The van der Waals surface area contributed by atoms with E-state index in [9.17, 15) is 18.3 Å². The minimum atomic E-state index is -3.86. The second-order valence-corrected chi connectivity index (χ2v) is 8.91. The number of aromatic carboxylic acids is 1. The van der Waals surface area contributed by atoms with Crippen LogP contribution in [0, 0.1) is 0 Å². The van der Waals surface area contributed by atoms with Crippen LogP contribution in [-0.4, -0.2) is 39.7 Å². The summed E-state index contributed by atoms with van der Waals surface area (Å²) in [7, 11) is -3.86. The number of aromatic amines is 1. The SMILES string of the molecule is NS(=O)(=O)c1ccc(-c2nc(Nc3cc(C4CC4)[nH]n3)cc(C(=O)O)n2)s1.[HH].[HH].[HH].[HH].[HH]. The van der Waals surface area contributed by atoms with Gasteiger partial charge < -0.3 is 10.4 Å². The van der Waals surface area contributed by atoms with E-state index in [-0.39, 0.29) is 28.7 Å². The van der Waals surface area contributed by atoms with E-state index in [2.05, 4.69) is 25.5 Å². The summed E-state index contributed by atoms with van der Waals surface area (Å²) >= 11 is 0.864. The van der Waals surface area contributed by atoms with Crippen LogP contribution in [0.4, 0.5) is 11.6 Å². The van der Waals surface area contributed by atoms with Crippen molar-refractivity contribution in [2.75, 3.05) is 5.32 Å². The van der Waals surface area contributed by atoms with E-state index in [4.69, 9.17) is 5.14 Å². The van der Waals surface area contributed by atoms with Crippen LogP contribution < -0.4 is 10.5 Å². The van der Waals surface area contributed by atoms with Crippen molar-refractivity contribution in [1.29, 1.82) is 0 Å². The van der Waals surface area contributed by atoms with Gasteiger partial charge in [0, 0.05) is 30.9 Å². The fraction of sp³-hybridized carbons (Fsp3) is 0.200. The first-order valence-electron chi connectivity index (χ1n) is 7.87. The number of hydrogen-bond acceptors (Lipinski definition) is 8. The fourth-order valence-corrected chi connectivity index (χ4v) is 4.12. The van der Waals surface area contributed by atoms with Crippen molar-refractivity contribution in [1.82, 2.24) is 20.2 Å². The first-order valence-corrected chi connectivity index (χ1v) is 10.2. The lowest BCUT2D eigenvalue weighted by Crippen LogP contribution is -2.09. The van der Waals surface area contributed by atoms with Gasteiger partial charge in [-0.25, -0.2) is 28.3 Å². The van der Waals surface area contributed by atoms with E-state index in [1.165, 1.54) is 18.2 Å². The van der Waals surface area contributed by atoms with E-state index >= 15 is 0 Å². The van der Waals surface area contributed by atoms with Crippen molar-refractivity contribution < 1.29 is 25.5 Å². The molecule has 3 heterocycles. The molecular weight excluding hydrogens is 392 g/mol. The number of nitrogens with zero attached hydrogens (tertiary/aromatic N) is 3. The van der Waals surface area contributed by atoms with E-state index in [1.54, 1.807) is 0 Å². The Balaban J connectivity index is 0. The zero-order valence-corrected chi connectivity index (χ0v) is 15.3. The van der Waals surface area contributed by atoms with Crippen molar-refractivity contribution in [3.8, 4) is 10.7 Å². The topological polar surface area (TPSA) is 164 Å². The van der Waals surface area contributed by atoms with Crippen LogP contribution in [0.25, 0.3) is 10.7 Å². The molecule has 3 aromatic heterocycles. The number of sulfonamides is 1. The van der Waals surface area contributed by atoms with Gasteiger partial charge in [-0.3, -0.25) is 5.10 Å². The van der Waals surface area contributed by atoms with Gasteiger partial charge in [-0.2, -0.15) is 5.10 Å². The number of aromatic nitrogens is 4. The van der Waals surface area contributed by atoms with E-state index in [0.29, 0.717) is 16.6 Å². The van der Waals surface area contributed by atoms with Gasteiger partial charge in [0.05, 0.1) is 4.88 Å². The summed E-state index contributed by atoms with van der Waals surface area (Å²) in [4.78, 5) is 20.0. The lowest BCUT2D eigenvalue weighted by Gasteiger charge is -2.05. The molecule has 0 aliphatic heterocycles. The Kier molecular flexibility index (Phi) is 4.17. The molecule has 3 aromatic rings. The van der Waals surface area contributed by atoms with Crippen LogP contribution in [0.1, 0.15) is 42.1 Å².